The zero-order chi connectivity index (χ0) is 10.4. The van der Waals surface area contributed by atoms with Crippen molar-refractivity contribution in [2.75, 3.05) is 0 Å². The van der Waals surface area contributed by atoms with Crippen LogP contribution in [-0.4, -0.2) is 11.5 Å². The maximum atomic E-state index is 11.9. The van der Waals surface area contributed by atoms with Crippen molar-refractivity contribution < 1.29 is 4.79 Å². The molecule has 0 fully saturated rings. The zero-order valence-corrected chi connectivity index (χ0v) is 8.32. The third-order valence-electron chi connectivity index (χ3n) is 2.76. The van der Waals surface area contributed by atoms with Gasteiger partial charge in [0.1, 0.15) is 0 Å². The number of aliphatic imine (C=N–C) groups is 1. The van der Waals surface area contributed by atoms with Crippen LogP contribution in [0.4, 0.5) is 0 Å². The van der Waals surface area contributed by atoms with E-state index in [0.717, 1.165) is 22.4 Å². The summed E-state index contributed by atoms with van der Waals surface area (Å²) in [6.07, 6.45) is 3.57. The summed E-state index contributed by atoms with van der Waals surface area (Å²) in [6, 6.07) is 7.94. The lowest BCUT2D eigenvalue weighted by Gasteiger charge is -2.09. The van der Waals surface area contributed by atoms with Crippen LogP contribution in [0, 0.1) is 0 Å². The van der Waals surface area contributed by atoms with Crippen molar-refractivity contribution in [3.05, 3.63) is 52.7 Å². The summed E-state index contributed by atoms with van der Waals surface area (Å²) >= 11 is 0. The highest BCUT2D eigenvalue weighted by atomic mass is 16.1. The van der Waals surface area contributed by atoms with Crippen LogP contribution in [0.1, 0.15) is 18.1 Å². The minimum absolute atomic E-state index is 0.0937. The van der Waals surface area contributed by atoms with Crippen LogP contribution in [0.15, 0.2) is 46.6 Å². The maximum Gasteiger partial charge on any atom is 0.192 e. The Balaban J connectivity index is 2.26. The topological polar surface area (TPSA) is 29.4 Å². The van der Waals surface area contributed by atoms with Gasteiger partial charge in [-0.3, -0.25) is 9.79 Å². The van der Waals surface area contributed by atoms with Gasteiger partial charge in [0.25, 0.3) is 0 Å². The van der Waals surface area contributed by atoms with E-state index < -0.39 is 0 Å². The molecule has 0 radical (unpaired) electrons. The van der Waals surface area contributed by atoms with Gasteiger partial charge in [-0.2, -0.15) is 0 Å². The predicted octanol–water partition coefficient (Wildman–Crippen LogP) is 2.36. The largest absolute Gasteiger partial charge is 0.289 e. The van der Waals surface area contributed by atoms with Crippen LogP contribution in [-0.2, 0) is 4.79 Å². The van der Waals surface area contributed by atoms with Crippen LogP contribution in [0.2, 0.25) is 0 Å². The first kappa shape index (κ1) is 8.36. The summed E-state index contributed by atoms with van der Waals surface area (Å²) in [6.45, 7) is 1.80. The fourth-order valence-electron chi connectivity index (χ4n) is 1.95. The fourth-order valence-corrected chi connectivity index (χ4v) is 1.95. The monoisotopic (exact) mass is 195 g/mol. The second kappa shape index (κ2) is 2.76. The minimum Gasteiger partial charge on any atom is -0.289 e. The summed E-state index contributed by atoms with van der Waals surface area (Å²) in [4.78, 5) is 16.2. The lowest BCUT2D eigenvalue weighted by atomic mass is 9.99. The van der Waals surface area contributed by atoms with Gasteiger partial charge in [-0.1, -0.05) is 24.3 Å². The molecule has 2 heteroatoms. The van der Waals surface area contributed by atoms with E-state index in [1.54, 1.807) is 13.1 Å². The van der Waals surface area contributed by atoms with Crippen molar-refractivity contribution in [1.29, 1.82) is 0 Å². The SMILES string of the molecule is CC1=CN=C2C(=Cc3ccccc32)C1=O. The standard InChI is InChI=1S/C13H9NO/c1-8-7-14-12-10-5-3-2-4-9(10)6-11(12)13(8)15/h2-7H,1H3. The fraction of sp³-hybridized carbons (Fsp3) is 0.0769. The number of ketones is 1. The lowest BCUT2D eigenvalue weighted by Crippen LogP contribution is -2.15. The molecular weight excluding hydrogens is 186 g/mol. The summed E-state index contributed by atoms with van der Waals surface area (Å²) in [5, 5.41) is 0. The molecule has 1 aromatic rings. The second-order valence-electron chi connectivity index (χ2n) is 3.76. The van der Waals surface area contributed by atoms with Crippen LogP contribution in [0.25, 0.3) is 6.08 Å². The Bertz CT molecular complexity index is 562. The van der Waals surface area contributed by atoms with Crippen molar-refractivity contribution in [3.8, 4) is 0 Å². The molecule has 0 saturated heterocycles. The van der Waals surface area contributed by atoms with Crippen LogP contribution in [0.3, 0.4) is 0 Å². The van der Waals surface area contributed by atoms with Crippen LogP contribution >= 0.6 is 0 Å². The van der Waals surface area contributed by atoms with E-state index in [-0.39, 0.29) is 5.78 Å². The minimum atomic E-state index is 0.0937. The second-order valence-corrected chi connectivity index (χ2v) is 3.76. The molecule has 3 rings (SSSR count). The normalized spacial score (nSPS) is 17.7. The molecule has 1 aliphatic heterocycles. The molecule has 1 aromatic carbocycles. The third-order valence-corrected chi connectivity index (χ3v) is 2.76. The van der Waals surface area contributed by atoms with Crippen LogP contribution < -0.4 is 0 Å². The molecule has 2 nitrogen and oxygen atoms in total. The molecule has 0 saturated carbocycles. The van der Waals surface area contributed by atoms with E-state index in [4.69, 9.17) is 0 Å². The Hall–Kier alpha value is -1.96. The van der Waals surface area contributed by atoms with Gasteiger partial charge in [-0.15, -0.1) is 0 Å². The number of rotatable bonds is 0. The van der Waals surface area contributed by atoms with Gasteiger partial charge < -0.3 is 0 Å². The number of benzene rings is 1. The lowest BCUT2D eigenvalue weighted by molar-refractivity contribution is -0.111. The molecule has 72 valence electrons. The number of fused-ring (bicyclic) bond motifs is 3. The molecule has 2 aliphatic rings. The molecular formula is C13H9NO. The Morgan fingerprint density at radius 2 is 2.00 bits per heavy atom. The van der Waals surface area contributed by atoms with Gasteiger partial charge in [0.15, 0.2) is 5.78 Å². The molecule has 0 aromatic heterocycles. The highest BCUT2D eigenvalue weighted by Gasteiger charge is 2.27. The third kappa shape index (κ3) is 1.05. The van der Waals surface area contributed by atoms with E-state index in [2.05, 4.69) is 4.99 Å². The molecule has 0 spiro atoms. The summed E-state index contributed by atoms with van der Waals surface area (Å²) < 4.78 is 0. The zero-order valence-electron chi connectivity index (χ0n) is 8.32. The Morgan fingerprint density at radius 1 is 1.20 bits per heavy atom. The number of hydrogen-bond donors (Lipinski definition) is 0. The molecule has 0 amide bonds. The van der Waals surface area contributed by atoms with Crippen molar-refractivity contribution in [1.82, 2.24) is 0 Å². The molecule has 1 aliphatic carbocycles. The molecule has 0 N–H and O–H groups in total. The van der Waals surface area contributed by atoms with Crippen molar-refractivity contribution >= 4 is 17.6 Å². The highest BCUT2D eigenvalue weighted by molar-refractivity contribution is 6.39. The smallest absolute Gasteiger partial charge is 0.192 e. The first-order valence-electron chi connectivity index (χ1n) is 4.88. The number of hydrogen-bond acceptors (Lipinski definition) is 2. The van der Waals surface area contributed by atoms with Crippen molar-refractivity contribution in [2.24, 2.45) is 4.99 Å². The molecule has 0 atom stereocenters. The molecule has 15 heavy (non-hydrogen) atoms. The molecule has 1 heterocycles. The van der Waals surface area contributed by atoms with Crippen LogP contribution in [0.5, 0.6) is 0 Å². The summed E-state index contributed by atoms with van der Waals surface area (Å²) in [7, 11) is 0. The van der Waals surface area contributed by atoms with E-state index >= 15 is 0 Å². The van der Waals surface area contributed by atoms with Gasteiger partial charge in [0, 0.05) is 22.9 Å². The quantitative estimate of drug-likeness (QED) is 0.624. The van der Waals surface area contributed by atoms with Gasteiger partial charge in [0.2, 0.25) is 0 Å². The predicted molar refractivity (Wildman–Crippen MR) is 59.7 cm³/mol. The van der Waals surface area contributed by atoms with Crippen molar-refractivity contribution in [3.63, 3.8) is 0 Å². The first-order valence-corrected chi connectivity index (χ1v) is 4.88. The number of Topliss-reactive ketones (excluding diaryl/α,β-unsaturated/α-hetero) is 1. The van der Waals surface area contributed by atoms with Crippen molar-refractivity contribution in [2.45, 2.75) is 6.92 Å². The molecule has 0 bridgehead atoms. The summed E-state index contributed by atoms with van der Waals surface area (Å²) in [5.74, 6) is 0.0937. The van der Waals surface area contributed by atoms with E-state index in [1.165, 1.54) is 0 Å². The number of nitrogens with zero attached hydrogens (tertiary/aromatic N) is 1. The Morgan fingerprint density at radius 3 is 2.87 bits per heavy atom. The highest BCUT2D eigenvalue weighted by Crippen LogP contribution is 2.29. The average Bonchev–Trinajstić information content (AvgIpc) is 2.63. The maximum absolute atomic E-state index is 11.9. The molecule has 0 unspecified atom stereocenters. The van der Waals surface area contributed by atoms with E-state index in [0.29, 0.717) is 5.57 Å². The summed E-state index contributed by atoms with van der Waals surface area (Å²) in [5.41, 5.74) is 4.41. The van der Waals surface area contributed by atoms with Gasteiger partial charge in [-0.05, 0) is 18.6 Å². The number of carbonyl (C=O) groups is 1. The van der Waals surface area contributed by atoms with Gasteiger partial charge in [-0.25, -0.2) is 0 Å². The average molecular weight is 195 g/mol. The Kier molecular flexibility index (Phi) is 1.54. The van der Waals surface area contributed by atoms with Gasteiger partial charge in [0.05, 0.1) is 5.71 Å². The number of allylic oxidation sites excluding steroid dienone is 2. The van der Waals surface area contributed by atoms with E-state index in [9.17, 15) is 4.79 Å². The first-order chi connectivity index (χ1) is 7.27. The Labute approximate surface area is 87.7 Å². The van der Waals surface area contributed by atoms with Gasteiger partial charge >= 0.3 is 0 Å². The van der Waals surface area contributed by atoms with E-state index in [1.807, 2.05) is 30.3 Å². The number of carbonyl (C=O) groups excluding carboxylic acids is 1.